The lowest BCUT2D eigenvalue weighted by molar-refractivity contribution is -0.0173. The van der Waals surface area contributed by atoms with Crippen molar-refractivity contribution in [1.82, 2.24) is 4.98 Å². The van der Waals surface area contributed by atoms with Crippen LogP contribution in [0, 0.1) is 0 Å². The van der Waals surface area contributed by atoms with Gasteiger partial charge in [0.2, 0.25) is 0 Å². The zero-order chi connectivity index (χ0) is 10.6. The molecule has 0 atom stereocenters. The highest BCUT2D eigenvalue weighted by atomic mass is 19.3. The molecule has 14 heavy (non-hydrogen) atoms. The Labute approximate surface area is 80.9 Å². The molecule has 3 nitrogen and oxygen atoms in total. The fourth-order valence-electron chi connectivity index (χ4n) is 1.13. The van der Waals surface area contributed by atoms with E-state index in [1.54, 1.807) is 6.07 Å². The second-order valence-electron chi connectivity index (χ2n) is 2.80. The SMILES string of the molecule is COc1cccnc1C(F)(F)CCN. The van der Waals surface area contributed by atoms with Crippen LogP contribution < -0.4 is 10.5 Å². The predicted octanol–water partition coefficient (Wildman–Crippen LogP) is 1.53. The van der Waals surface area contributed by atoms with Crippen molar-refractivity contribution in [1.29, 1.82) is 0 Å². The Kier molecular flexibility index (Phi) is 3.35. The van der Waals surface area contributed by atoms with E-state index >= 15 is 0 Å². The number of alkyl halides is 2. The first kappa shape index (κ1) is 10.8. The van der Waals surface area contributed by atoms with Gasteiger partial charge in [-0.15, -0.1) is 0 Å². The molecule has 0 bridgehead atoms. The van der Waals surface area contributed by atoms with Gasteiger partial charge in [-0.25, -0.2) is 0 Å². The first-order valence-corrected chi connectivity index (χ1v) is 4.19. The minimum absolute atomic E-state index is 0.0888. The van der Waals surface area contributed by atoms with Gasteiger partial charge in [0.25, 0.3) is 5.92 Å². The van der Waals surface area contributed by atoms with Crippen molar-refractivity contribution >= 4 is 0 Å². The van der Waals surface area contributed by atoms with Crippen LogP contribution >= 0.6 is 0 Å². The van der Waals surface area contributed by atoms with Crippen LogP contribution in [0.15, 0.2) is 18.3 Å². The number of pyridine rings is 1. The van der Waals surface area contributed by atoms with E-state index in [4.69, 9.17) is 10.5 Å². The van der Waals surface area contributed by atoms with Crippen molar-refractivity contribution < 1.29 is 13.5 Å². The van der Waals surface area contributed by atoms with Crippen LogP contribution in [0.25, 0.3) is 0 Å². The summed E-state index contributed by atoms with van der Waals surface area (Å²) in [6, 6.07) is 2.99. The van der Waals surface area contributed by atoms with Crippen molar-refractivity contribution in [3.05, 3.63) is 24.0 Å². The summed E-state index contributed by atoms with van der Waals surface area (Å²) in [6.07, 6.45) is 0.878. The summed E-state index contributed by atoms with van der Waals surface area (Å²) in [5, 5.41) is 0. The third-order valence-corrected chi connectivity index (χ3v) is 1.80. The van der Waals surface area contributed by atoms with E-state index in [1.165, 1.54) is 19.4 Å². The van der Waals surface area contributed by atoms with E-state index < -0.39 is 12.3 Å². The smallest absolute Gasteiger partial charge is 0.294 e. The van der Waals surface area contributed by atoms with Crippen LogP contribution in [0.1, 0.15) is 12.1 Å². The molecule has 0 saturated carbocycles. The van der Waals surface area contributed by atoms with Gasteiger partial charge in [-0.3, -0.25) is 4.98 Å². The molecular weight excluding hydrogens is 190 g/mol. The minimum atomic E-state index is -3.03. The van der Waals surface area contributed by atoms with Gasteiger partial charge in [-0.1, -0.05) is 0 Å². The average Bonchev–Trinajstić information content (AvgIpc) is 2.18. The maximum atomic E-state index is 13.4. The van der Waals surface area contributed by atoms with Crippen molar-refractivity contribution in [2.45, 2.75) is 12.3 Å². The molecule has 0 aliphatic heterocycles. The molecule has 0 spiro atoms. The lowest BCUT2D eigenvalue weighted by Crippen LogP contribution is -2.20. The molecule has 0 saturated heterocycles. The summed E-state index contributed by atoms with van der Waals surface area (Å²) in [7, 11) is 1.33. The lowest BCUT2D eigenvalue weighted by Gasteiger charge is -2.16. The van der Waals surface area contributed by atoms with E-state index in [0.717, 1.165) is 0 Å². The number of hydrogen-bond acceptors (Lipinski definition) is 3. The Hall–Kier alpha value is -1.23. The van der Waals surface area contributed by atoms with Gasteiger partial charge >= 0.3 is 0 Å². The van der Waals surface area contributed by atoms with Crippen LogP contribution in [-0.2, 0) is 5.92 Å². The molecule has 0 amide bonds. The molecule has 78 valence electrons. The zero-order valence-corrected chi connectivity index (χ0v) is 7.84. The summed E-state index contributed by atoms with van der Waals surface area (Å²) in [6.45, 7) is -0.0905. The third-order valence-electron chi connectivity index (χ3n) is 1.80. The maximum Gasteiger partial charge on any atom is 0.294 e. The van der Waals surface area contributed by atoms with Crippen molar-refractivity contribution in [2.75, 3.05) is 13.7 Å². The van der Waals surface area contributed by atoms with Crippen molar-refractivity contribution in [2.24, 2.45) is 5.73 Å². The molecule has 0 unspecified atom stereocenters. The topological polar surface area (TPSA) is 48.1 Å². The van der Waals surface area contributed by atoms with Gasteiger partial charge in [-0.2, -0.15) is 8.78 Å². The Morgan fingerprint density at radius 3 is 2.86 bits per heavy atom. The van der Waals surface area contributed by atoms with Gasteiger partial charge in [-0.05, 0) is 18.7 Å². The molecule has 1 rings (SSSR count). The second kappa shape index (κ2) is 4.32. The van der Waals surface area contributed by atoms with E-state index in [9.17, 15) is 8.78 Å². The number of nitrogens with zero attached hydrogens (tertiary/aromatic N) is 1. The lowest BCUT2D eigenvalue weighted by atomic mass is 10.1. The number of halogens is 2. The van der Waals surface area contributed by atoms with Crippen LogP contribution in [0.4, 0.5) is 8.78 Å². The Morgan fingerprint density at radius 1 is 1.57 bits per heavy atom. The fraction of sp³-hybridized carbons (Fsp3) is 0.444. The number of nitrogens with two attached hydrogens (primary N) is 1. The third kappa shape index (κ3) is 2.17. The second-order valence-corrected chi connectivity index (χ2v) is 2.80. The average molecular weight is 202 g/mol. The molecular formula is C9H12F2N2O. The molecule has 0 aromatic carbocycles. The van der Waals surface area contributed by atoms with Gasteiger partial charge in [0, 0.05) is 12.6 Å². The monoisotopic (exact) mass is 202 g/mol. The largest absolute Gasteiger partial charge is 0.495 e. The maximum absolute atomic E-state index is 13.4. The molecule has 0 aliphatic rings. The number of methoxy groups -OCH3 is 1. The normalized spacial score (nSPS) is 11.4. The number of rotatable bonds is 4. The molecule has 1 aromatic rings. The summed E-state index contributed by atoms with van der Waals surface area (Å²) >= 11 is 0. The highest BCUT2D eigenvalue weighted by Gasteiger charge is 2.35. The molecule has 1 heterocycles. The van der Waals surface area contributed by atoms with Crippen molar-refractivity contribution in [3.8, 4) is 5.75 Å². The first-order valence-electron chi connectivity index (χ1n) is 4.19. The van der Waals surface area contributed by atoms with Crippen LogP contribution in [0.5, 0.6) is 5.75 Å². The molecule has 0 radical (unpaired) electrons. The number of hydrogen-bond donors (Lipinski definition) is 1. The summed E-state index contributed by atoms with van der Waals surface area (Å²) < 4.78 is 31.6. The predicted molar refractivity (Wildman–Crippen MR) is 48.4 cm³/mol. The Morgan fingerprint density at radius 2 is 2.29 bits per heavy atom. The highest BCUT2D eigenvalue weighted by molar-refractivity contribution is 5.30. The van der Waals surface area contributed by atoms with Crippen molar-refractivity contribution in [3.63, 3.8) is 0 Å². The summed E-state index contributed by atoms with van der Waals surface area (Å²) in [4.78, 5) is 3.61. The molecule has 5 heteroatoms. The van der Waals surface area contributed by atoms with Crippen LogP contribution in [0.2, 0.25) is 0 Å². The van der Waals surface area contributed by atoms with Crippen LogP contribution in [0.3, 0.4) is 0 Å². The van der Waals surface area contributed by atoms with E-state index in [2.05, 4.69) is 4.98 Å². The van der Waals surface area contributed by atoms with Gasteiger partial charge in [0.1, 0.15) is 5.75 Å². The van der Waals surface area contributed by atoms with Gasteiger partial charge < -0.3 is 10.5 Å². The summed E-state index contributed by atoms with van der Waals surface area (Å²) in [5.74, 6) is -2.94. The standard InChI is InChI=1S/C9H12F2N2O/c1-14-7-3-2-6-13-8(7)9(10,11)4-5-12/h2-3,6H,4-5,12H2,1H3. The molecule has 2 N–H and O–H groups in total. The quantitative estimate of drug-likeness (QED) is 0.805. The minimum Gasteiger partial charge on any atom is -0.495 e. The Bertz CT molecular complexity index is 305. The number of ether oxygens (including phenoxy) is 1. The van der Waals surface area contributed by atoms with Gasteiger partial charge in [0.05, 0.1) is 7.11 Å². The molecule has 0 fully saturated rings. The summed E-state index contributed by atoms with van der Waals surface area (Å²) in [5.41, 5.74) is 4.74. The Balaban J connectivity index is 3.04. The van der Waals surface area contributed by atoms with Gasteiger partial charge in [0.15, 0.2) is 5.69 Å². The van der Waals surface area contributed by atoms with Crippen LogP contribution in [-0.4, -0.2) is 18.6 Å². The molecule has 0 aliphatic carbocycles. The van der Waals surface area contributed by atoms with E-state index in [0.29, 0.717) is 0 Å². The molecule has 1 aromatic heterocycles. The number of aromatic nitrogens is 1. The van der Waals surface area contributed by atoms with E-state index in [1.807, 2.05) is 0 Å². The van der Waals surface area contributed by atoms with E-state index in [-0.39, 0.29) is 18.0 Å². The first-order chi connectivity index (χ1) is 6.61. The fourth-order valence-corrected chi connectivity index (χ4v) is 1.13. The zero-order valence-electron chi connectivity index (χ0n) is 7.84. The highest BCUT2D eigenvalue weighted by Crippen LogP contribution is 2.35.